The van der Waals surface area contributed by atoms with Gasteiger partial charge in [-0.15, -0.1) is 5.10 Å². The van der Waals surface area contributed by atoms with Gasteiger partial charge in [-0.2, -0.15) is 0 Å². The highest BCUT2D eigenvalue weighted by Crippen LogP contribution is 2.18. The number of hydrogen-bond donors (Lipinski definition) is 3. The van der Waals surface area contributed by atoms with Gasteiger partial charge in [-0.1, -0.05) is 19.3 Å². The van der Waals surface area contributed by atoms with E-state index in [4.69, 9.17) is 0 Å². The Balaban J connectivity index is 1.45. The van der Waals surface area contributed by atoms with Crippen LogP contribution in [0.2, 0.25) is 0 Å². The normalized spacial score (nSPS) is 15.3. The fraction of sp³-hybridized carbons (Fsp3) is 0.471. The number of sulfonamides is 1. The van der Waals surface area contributed by atoms with Crippen LogP contribution in [0.15, 0.2) is 30.6 Å². The molecule has 1 aliphatic rings. The first-order valence-electron chi connectivity index (χ1n) is 9.14. The maximum Gasteiger partial charge on any atom is 0.320 e. The van der Waals surface area contributed by atoms with Crippen LogP contribution in [0.4, 0.5) is 15.0 Å². The predicted molar refractivity (Wildman–Crippen MR) is 102 cm³/mol. The van der Waals surface area contributed by atoms with E-state index in [1.165, 1.54) is 35.3 Å². The molecule has 1 saturated carbocycles. The molecule has 0 unspecified atom stereocenters. The largest absolute Gasteiger partial charge is 0.337 e. The van der Waals surface area contributed by atoms with Gasteiger partial charge in [-0.05, 0) is 25.0 Å². The van der Waals surface area contributed by atoms with E-state index < -0.39 is 21.9 Å². The number of rotatable bonds is 7. The minimum Gasteiger partial charge on any atom is -0.337 e. The van der Waals surface area contributed by atoms with Gasteiger partial charge < -0.3 is 5.32 Å². The summed E-state index contributed by atoms with van der Waals surface area (Å²) >= 11 is 0. The molecule has 2 amide bonds. The van der Waals surface area contributed by atoms with Crippen LogP contribution in [-0.2, 0) is 10.0 Å². The van der Waals surface area contributed by atoms with Crippen molar-refractivity contribution in [1.82, 2.24) is 24.8 Å². The number of hydrogen-bond acceptors (Lipinski definition) is 5. The van der Waals surface area contributed by atoms with Gasteiger partial charge in [0, 0.05) is 31.0 Å². The van der Waals surface area contributed by atoms with Gasteiger partial charge in [0.1, 0.15) is 0 Å². The third-order valence-electron chi connectivity index (χ3n) is 4.39. The molecule has 0 aliphatic heterocycles. The molecule has 152 valence electrons. The highest BCUT2D eigenvalue weighted by atomic mass is 32.2. The summed E-state index contributed by atoms with van der Waals surface area (Å²) in [5.41, 5.74) is 0. The molecule has 3 rings (SSSR count). The Labute approximate surface area is 162 Å². The number of amides is 2. The van der Waals surface area contributed by atoms with Crippen molar-refractivity contribution >= 4 is 21.9 Å². The van der Waals surface area contributed by atoms with Crippen molar-refractivity contribution in [2.24, 2.45) is 0 Å². The Morgan fingerprint density at radius 3 is 2.79 bits per heavy atom. The molecule has 0 spiro atoms. The van der Waals surface area contributed by atoms with E-state index in [1.807, 2.05) is 0 Å². The van der Waals surface area contributed by atoms with Crippen molar-refractivity contribution in [2.45, 2.75) is 38.1 Å². The molecule has 1 fully saturated rings. The Hall–Kier alpha value is -2.53. The number of nitrogens with zero attached hydrogens (tertiary/aromatic N) is 3. The van der Waals surface area contributed by atoms with Crippen LogP contribution < -0.4 is 15.4 Å². The van der Waals surface area contributed by atoms with Gasteiger partial charge in [0.2, 0.25) is 10.0 Å². The number of carbonyl (C=O) groups is 1. The van der Waals surface area contributed by atoms with E-state index in [0.717, 1.165) is 32.1 Å². The molecule has 2 aromatic rings. The molecule has 9 nitrogen and oxygen atoms in total. The second-order valence-electron chi connectivity index (χ2n) is 6.61. The molecular weight excluding hydrogens is 387 g/mol. The summed E-state index contributed by atoms with van der Waals surface area (Å²) in [5, 5.41) is 8.98. The van der Waals surface area contributed by atoms with Crippen LogP contribution in [0.1, 0.15) is 32.1 Å². The van der Waals surface area contributed by atoms with Crippen LogP contribution in [0, 0.1) is 5.82 Å². The first-order valence-corrected chi connectivity index (χ1v) is 10.8. The Kier molecular flexibility index (Phi) is 6.57. The lowest BCUT2D eigenvalue weighted by Gasteiger charge is -2.22. The molecule has 2 aromatic heterocycles. The zero-order valence-electron chi connectivity index (χ0n) is 15.3. The minimum absolute atomic E-state index is 0.0100. The molecule has 28 heavy (non-hydrogen) atoms. The average molecular weight is 410 g/mol. The van der Waals surface area contributed by atoms with Gasteiger partial charge in [0.15, 0.2) is 17.5 Å². The van der Waals surface area contributed by atoms with Gasteiger partial charge in [-0.25, -0.2) is 32.0 Å². The Bertz CT molecular complexity index is 911. The summed E-state index contributed by atoms with van der Waals surface area (Å²) in [4.78, 5) is 15.8. The SMILES string of the molecule is O=C(NCCS(=O)(=O)NC1CCCCC1)Nc1ccn(-c2ncccc2F)n1. The Morgan fingerprint density at radius 2 is 2.04 bits per heavy atom. The number of urea groups is 1. The summed E-state index contributed by atoms with van der Waals surface area (Å²) in [6, 6.07) is 3.59. The quantitative estimate of drug-likeness (QED) is 0.643. The first-order chi connectivity index (χ1) is 13.4. The third-order valence-corrected chi connectivity index (χ3v) is 5.83. The first kappa shape index (κ1) is 20.2. The third kappa shape index (κ3) is 5.73. The molecule has 1 aliphatic carbocycles. The lowest BCUT2D eigenvalue weighted by atomic mass is 9.96. The smallest absolute Gasteiger partial charge is 0.320 e. The van der Waals surface area contributed by atoms with Gasteiger partial charge in [0.05, 0.1) is 5.75 Å². The second-order valence-corrected chi connectivity index (χ2v) is 8.48. The van der Waals surface area contributed by atoms with Gasteiger partial charge >= 0.3 is 6.03 Å². The zero-order valence-corrected chi connectivity index (χ0v) is 16.1. The molecule has 0 atom stereocenters. The van der Waals surface area contributed by atoms with Gasteiger partial charge in [-0.3, -0.25) is 5.32 Å². The average Bonchev–Trinajstić information content (AvgIpc) is 3.10. The zero-order chi connectivity index (χ0) is 20.0. The van der Waals surface area contributed by atoms with E-state index in [1.54, 1.807) is 0 Å². The summed E-state index contributed by atoms with van der Waals surface area (Å²) in [7, 11) is -3.45. The molecule has 0 bridgehead atoms. The molecule has 0 saturated heterocycles. The van der Waals surface area contributed by atoms with Crippen LogP contribution >= 0.6 is 0 Å². The molecular formula is C17H23FN6O3S. The summed E-state index contributed by atoms with van der Waals surface area (Å²) < 4.78 is 41.8. The van der Waals surface area contributed by atoms with Crippen LogP contribution in [0.3, 0.4) is 0 Å². The fourth-order valence-electron chi connectivity index (χ4n) is 3.05. The Morgan fingerprint density at radius 1 is 1.25 bits per heavy atom. The van der Waals surface area contributed by atoms with Crippen molar-refractivity contribution in [3.63, 3.8) is 0 Å². The number of nitrogens with one attached hydrogen (secondary N) is 3. The summed E-state index contributed by atoms with van der Waals surface area (Å²) in [5.74, 6) is -0.552. The standard InChI is InChI=1S/C17H23FN6O3S/c18-14-7-4-9-19-16(14)24-11-8-15(22-24)21-17(25)20-10-12-28(26,27)23-13-5-2-1-3-6-13/h4,7-9,11,13,23H,1-3,5-6,10,12H2,(H2,20,21,22,25). The number of halogens is 1. The number of carbonyl (C=O) groups excluding carboxylic acids is 1. The van der Waals surface area contributed by atoms with E-state index in [-0.39, 0.29) is 30.0 Å². The summed E-state index contributed by atoms with van der Waals surface area (Å²) in [6.07, 6.45) is 7.80. The highest BCUT2D eigenvalue weighted by molar-refractivity contribution is 7.89. The van der Waals surface area contributed by atoms with Crippen molar-refractivity contribution in [3.8, 4) is 5.82 Å². The monoisotopic (exact) mass is 410 g/mol. The van der Waals surface area contributed by atoms with E-state index in [9.17, 15) is 17.6 Å². The van der Waals surface area contributed by atoms with Crippen LogP contribution in [-0.4, -0.2) is 47.6 Å². The van der Waals surface area contributed by atoms with Crippen LogP contribution in [0.25, 0.3) is 5.82 Å². The molecule has 11 heteroatoms. The molecule has 0 radical (unpaired) electrons. The second kappa shape index (κ2) is 9.11. The van der Waals surface area contributed by atoms with E-state index in [0.29, 0.717) is 0 Å². The van der Waals surface area contributed by atoms with Crippen molar-refractivity contribution in [2.75, 3.05) is 17.6 Å². The summed E-state index contributed by atoms with van der Waals surface area (Å²) in [6.45, 7) is -0.0382. The number of anilines is 1. The molecule has 2 heterocycles. The molecule has 0 aromatic carbocycles. The predicted octanol–water partition coefficient (Wildman–Crippen LogP) is 1.78. The lowest BCUT2D eigenvalue weighted by molar-refractivity contribution is 0.252. The number of pyridine rings is 1. The lowest BCUT2D eigenvalue weighted by Crippen LogP contribution is -2.41. The van der Waals surface area contributed by atoms with Crippen molar-refractivity contribution < 1.29 is 17.6 Å². The fourth-order valence-corrected chi connectivity index (χ4v) is 4.28. The molecule has 3 N–H and O–H groups in total. The number of aromatic nitrogens is 3. The maximum atomic E-state index is 13.7. The van der Waals surface area contributed by atoms with Gasteiger partial charge in [0.25, 0.3) is 0 Å². The minimum atomic E-state index is -3.45. The van der Waals surface area contributed by atoms with Crippen molar-refractivity contribution in [1.29, 1.82) is 0 Å². The maximum absolute atomic E-state index is 13.7. The van der Waals surface area contributed by atoms with E-state index in [2.05, 4.69) is 25.4 Å². The van der Waals surface area contributed by atoms with Crippen LogP contribution in [0.5, 0.6) is 0 Å². The van der Waals surface area contributed by atoms with Crippen molar-refractivity contribution in [3.05, 3.63) is 36.4 Å². The van der Waals surface area contributed by atoms with E-state index >= 15 is 0 Å². The topological polar surface area (TPSA) is 118 Å². The highest BCUT2D eigenvalue weighted by Gasteiger charge is 2.20.